The molecule has 0 unspecified atom stereocenters. The summed E-state index contributed by atoms with van der Waals surface area (Å²) in [4.78, 5) is 30.1. The van der Waals surface area contributed by atoms with E-state index in [1.807, 2.05) is 24.5 Å². The number of piperidine rings is 1. The first kappa shape index (κ1) is 17.9. The van der Waals surface area contributed by atoms with E-state index in [1.165, 1.54) is 12.8 Å². The van der Waals surface area contributed by atoms with E-state index in [2.05, 4.69) is 19.9 Å². The molecule has 0 radical (unpaired) electrons. The van der Waals surface area contributed by atoms with Crippen LogP contribution < -0.4 is 10.2 Å². The first-order chi connectivity index (χ1) is 12.7. The predicted molar refractivity (Wildman–Crippen MR) is 99.3 cm³/mol. The Morgan fingerprint density at radius 2 is 1.69 bits per heavy atom. The van der Waals surface area contributed by atoms with Crippen LogP contribution in [0.4, 0.5) is 5.69 Å². The predicted octanol–water partition coefficient (Wildman–Crippen LogP) is 2.51. The highest BCUT2D eigenvalue weighted by Crippen LogP contribution is 2.22. The molecule has 0 saturated carbocycles. The van der Waals surface area contributed by atoms with Crippen molar-refractivity contribution in [3.63, 3.8) is 0 Å². The van der Waals surface area contributed by atoms with Gasteiger partial charge in [-0.15, -0.1) is 0 Å². The van der Waals surface area contributed by atoms with Crippen molar-refractivity contribution in [2.24, 2.45) is 5.92 Å². The number of aromatic nitrogens is 1. The van der Waals surface area contributed by atoms with Gasteiger partial charge in [0.1, 0.15) is 0 Å². The van der Waals surface area contributed by atoms with Crippen molar-refractivity contribution in [2.45, 2.75) is 12.8 Å². The molecule has 6 heteroatoms. The summed E-state index contributed by atoms with van der Waals surface area (Å²) in [5, 5.41) is 3.00. The van der Waals surface area contributed by atoms with Crippen LogP contribution in [0.3, 0.4) is 0 Å². The third-order valence-corrected chi connectivity index (χ3v) is 4.76. The van der Waals surface area contributed by atoms with Gasteiger partial charge < -0.3 is 15.0 Å². The van der Waals surface area contributed by atoms with Crippen LogP contribution in [0.1, 0.15) is 33.6 Å². The van der Waals surface area contributed by atoms with Crippen molar-refractivity contribution in [3.8, 4) is 0 Å². The molecule has 1 aliphatic heterocycles. The first-order valence-corrected chi connectivity index (χ1v) is 8.79. The quantitative estimate of drug-likeness (QED) is 0.837. The lowest BCUT2D eigenvalue weighted by atomic mass is 9.96. The number of anilines is 1. The number of pyridine rings is 1. The maximum Gasteiger partial charge on any atom is 0.337 e. The van der Waals surface area contributed by atoms with Gasteiger partial charge in [0.25, 0.3) is 5.91 Å². The van der Waals surface area contributed by atoms with Crippen LogP contribution in [0, 0.1) is 5.92 Å². The Balaban J connectivity index is 1.46. The third kappa shape index (κ3) is 4.39. The molecule has 136 valence electrons. The second kappa shape index (κ2) is 8.47. The van der Waals surface area contributed by atoms with E-state index in [0.717, 1.165) is 25.9 Å². The maximum atomic E-state index is 12.3. The van der Waals surface area contributed by atoms with E-state index in [0.29, 0.717) is 23.6 Å². The molecule has 0 spiro atoms. The van der Waals surface area contributed by atoms with Gasteiger partial charge in [0.2, 0.25) is 0 Å². The molecule has 1 aliphatic rings. The number of carbonyl (C=O) groups excluding carboxylic acids is 2. The lowest BCUT2D eigenvalue weighted by molar-refractivity contribution is 0.0600. The number of ether oxygens (including phenoxy) is 1. The summed E-state index contributed by atoms with van der Waals surface area (Å²) in [6.07, 6.45) is 5.72. The highest BCUT2D eigenvalue weighted by atomic mass is 16.5. The van der Waals surface area contributed by atoms with Gasteiger partial charge in [-0.1, -0.05) is 0 Å². The average molecular weight is 353 g/mol. The number of rotatable bonds is 5. The summed E-state index contributed by atoms with van der Waals surface area (Å²) in [6.45, 7) is 2.64. The fourth-order valence-electron chi connectivity index (χ4n) is 3.16. The molecule has 0 bridgehead atoms. The van der Waals surface area contributed by atoms with Crippen LogP contribution in [-0.2, 0) is 4.74 Å². The summed E-state index contributed by atoms with van der Waals surface area (Å²) >= 11 is 0. The Morgan fingerprint density at radius 1 is 1.08 bits per heavy atom. The Kier molecular flexibility index (Phi) is 5.84. The zero-order valence-electron chi connectivity index (χ0n) is 14.9. The number of hydrogen-bond donors (Lipinski definition) is 1. The lowest BCUT2D eigenvalue weighted by Crippen LogP contribution is -2.38. The van der Waals surface area contributed by atoms with Crippen LogP contribution in [0.2, 0.25) is 0 Å². The molecular formula is C20H23N3O3. The summed E-state index contributed by atoms with van der Waals surface area (Å²) in [5.74, 6) is -0.0396. The second-order valence-electron chi connectivity index (χ2n) is 6.41. The van der Waals surface area contributed by atoms with Gasteiger partial charge >= 0.3 is 5.97 Å². The number of methoxy groups -OCH3 is 1. The number of nitrogens with zero attached hydrogens (tertiary/aromatic N) is 2. The molecule has 2 aromatic rings. The monoisotopic (exact) mass is 353 g/mol. The van der Waals surface area contributed by atoms with E-state index < -0.39 is 5.97 Å². The molecule has 6 nitrogen and oxygen atoms in total. The number of nitrogens with one attached hydrogen (secondary N) is 1. The van der Waals surface area contributed by atoms with Crippen molar-refractivity contribution in [1.82, 2.24) is 10.3 Å². The molecule has 1 saturated heterocycles. The third-order valence-electron chi connectivity index (χ3n) is 4.76. The van der Waals surface area contributed by atoms with Gasteiger partial charge in [0, 0.05) is 43.3 Å². The van der Waals surface area contributed by atoms with Crippen molar-refractivity contribution < 1.29 is 14.3 Å². The molecule has 1 fully saturated rings. The second-order valence-corrected chi connectivity index (χ2v) is 6.41. The van der Waals surface area contributed by atoms with E-state index >= 15 is 0 Å². The van der Waals surface area contributed by atoms with Crippen LogP contribution in [0.15, 0.2) is 48.8 Å². The van der Waals surface area contributed by atoms with Gasteiger partial charge in [0.15, 0.2) is 0 Å². The molecule has 2 heterocycles. The van der Waals surface area contributed by atoms with Crippen molar-refractivity contribution >= 4 is 17.6 Å². The molecule has 3 rings (SSSR count). The smallest absolute Gasteiger partial charge is 0.337 e. The highest BCUT2D eigenvalue weighted by molar-refractivity contribution is 5.96. The van der Waals surface area contributed by atoms with E-state index in [9.17, 15) is 9.59 Å². The topological polar surface area (TPSA) is 71.5 Å². The fourth-order valence-corrected chi connectivity index (χ4v) is 3.16. The number of benzene rings is 1. The summed E-state index contributed by atoms with van der Waals surface area (Å²) in [6, 6.07) is 10.6. The van der Waals surface area contributed by atoms with E-state index in [1.54, 1.807) is 24.3 Å². The minimum Gasteiger partial charge on any atom is -0.465 e. The summed E-state index contributed by atoms with van der Waals surface area (Å²) in [5.41, 5.74) is 2.19. The standard InChI is InChI=1S/C20H23N3O3/c1-26-20(25)17-4-2-16(3-5-17)19(24)22-14-15-8-12-23(13-9-15)18-6-10-21-11-7-18/h2-7,10-11,15H,8-9,12-14H2,1H3,(H,22,24). The SMILES string of the molecule is COC(=O)c1ccc(C(=O)NCC2CCN(c3ccncc3)CC2)cc1. The Bertz CT molecular complexity index is 739. The van der Waals surface area contributed by atoms with Crippen LogP contribution in [0.5, 0.6) is 0 Å². The van der Waals surface area contributed by atoms with Gasteiger partial charge in [-0.2, -0.15) is 0 Å². The molecule has 1 aromatic heterocycles. The van der Waals surface area contributed by atoms with Gasteiger partial charge in [-0.3, -0.25) is 9.78 Å². The van der Waals surface area contributed by atoms with Crippen molar-refractivity contribution in [2.75, 3.05) is 31.6 Å². The molecule has 1 N–H and O–H groups in total. The number of esters is 1. The van der Waals surface area contributed by atoms with E-state index in [4.69, 9.17) is 0 Å². The van der Waals surface area contributed by atoms with Gasteiger partial charge in [-0.25, -0.2) is 4.79 Å². The van der Waals surface area contributed by atoms with Crippen molar-refractivity contribution in [3.05, 3.63) is 59.9 Å². The number of amides is 1. The molecule has 0 atom stereocenters. The van der Waals surface area contributed by atoms with Crippen LogP contribution in [-0.4, -0.2) is 43.6 Å². The van der Waals surface area contributed by atoms with Gasteiger partial charge in [0.05, 0.1) is 12.7 Å². The van der Waals surface area contributed by atoms with Crippen LogP contribution in [0.25, 0.3) is 0 Å². The molecular weight excluding hydrogens is 330 g/mol. The summed E-state index contributed by atoms with van der Waals surface area (Å²) < 4.78 is 4.66. The van der Waals surface area contributed by atoms with Crippen molar-refractivity contribution in [1.29, 1.82) is 0 Å². The van der Waals surface area contributed by atoms with E-state index in [-0.39, 0.29) is 5.91 Å². The normalized spacial score (nSPS) is 14.7. The number of hydrogen-bond acceptors (Lipinski definition) is 5. The average Bonchev–Trinajstić information content (AvgIpc) is 2.72. The largest absolute Gasteiger partial charge is 0.465 e. The lowest BCUT2D eigenvalue weighted by Gasteiger charge is -2.33. The Morgan fingerprint density at radius 3 is 2.31 bits per heavy atom. The zero-order chi connectivity index (χ0) is 18.4. The summed E-state index contributed by atoms with van der Waals surface area (Å²) in [7, 11) is 1.34. The Hall–Kier alpha value is -2.89. The fraction of sp³-hybridized carbons (Fsp3) is 0.350. The number of carbonyl (C=O) groups is 2. The van der Waals surface area contributed by atoms with Gasteiger partial charge in [-0.05, 0) is 55.2 Å². The minimum absolute atomic E-state index is 0.113. The molecule has 0 aliphatic carbocycles. The first-order valence-electron chi connectivity index (χ1n) is 8.79. The molecule has 26 heavy (non-hydrogen) atoms. The maximum absolute atomic E-state index is 12.3. The van der Waals surface area contributed by atoms with Crippen LogP contribution >= 0.6 is 0 Å². The Labute approximate surface area is 153 Å². The molecule has 1 aromatic carbocycles. The zero-order valence-corrected chi connectivity index (χ0v) is 14.9. The molecule has 1 amide bonds. The minimum atomic E-state index is -0.405. The highest BCUT2D eigenvalue weighted by Gasteiger charge is 2.20.